The van der Waals surface area contributed by atoms with Crippen molar-refractivity contribution in [1.29, 1.82) is 0 Å². The molecule has 0 heterocycles. The second kappa shape index (κ2) is 11.7. The summed E-state index contributed by atoms with van der Waals surface area (Å²) in [7, 11) is 16.9. The van der Waals surface area contributed by atoms with Crippen molar-refractivity contribution in [2.45, 2.75) is 73.7 Å². The molecule has 44 heavy (non-hydrogen) atoms. The van der Waals surface area contributed by atoms with Crippen LogP contribution in [0.3, 0.4) is 0 Å². The molecule has 0 aliphatic heterocycles. The third-order valence-electron chi connectivity index (χ3n) is 10.5. The number of hydrogen-bond donors (Lipinski definition) is 0. The molecule has 0 N–H and O–H groups in total. The van der Waals surface area contributed by atoms with Crippen LogP contribution in [0.25, 0.3) is 34.4 Å². The molecule has 4 heteroatoms. The monoisotopic (exact) mass is 713 g/mol. The van der Waals surface area contributed by atoms with Gasteiger partial charge in [-0.1, -0.05) is 0 Å². The molecule has 6 rings (SSSR count). The van der Waals surface area contributed by atoms with E-state index in [4.69, 9.17) is 17.0 Å². The third kappa shape index (κ3) is 5.04. The van der Waals surface area contributed by atoms with Crippen LogP contribution in [0.2, 0.25) is 13.1 Å². The molecule has 0 saturated carbocycles. The van der Waals surface area contributed by atoms with Crippen LogP contribution in [-0.4, -0.2) is 5.92 Å². The van der Waals surface area contributed by atoms with E-state index in [0.717, 1.165) is 0 Å². The SMILES string of the molecule is CC1=Cc2c(-c3ccc(C(C)C)cc3)cccc2[CH]1[Zr]([Cl])([Cl])([CH]1C(C)=Cc2c(-c3ccc(C(C)C)cc3)cccc21)[SiH](C)C. The van der Waals surface area contributed by atoms with E-state index in [0.29, 0.717) is 11.8 Å². The molecular weight excluding hydrogens is 671 g/mol. The Bertz CT molecular complexity index is 1670. The van der Waals surface area contributed by atoms with Crippen LogP contribution in [0, 0.1) is 0 Å². The summed E-state index contributed by atoms with van der Waals surface area (Å²) in [5.41, 5.74) is 15.8. The van der Waals surface area contributed by atoms with E-state index >= 15 is 0 Å². The molecule has 227 valence electrons. The van der Waals surface area contributed by atoms with Crippen molar-refractivity contribution in [2.24, 2.45) is 0 Å². The molecule has 2 aliphatic carbocycles. The first-order valence-corrected chi connectivity index (χ1v) is 32.5. The molecule has 2 atom stereocenters. The van der Waals surface area contributed by atoms with Gasteiger partial charge < -0.3 is 0 Å². The van der Waals surface area contributed by atoms with Crippen molar-refractivity contribution in [1.82, 2.24) is 0 Å². The molecule has 0 bridgehead atoms. The van der Waals surface area contributed by atoms with Crippen LogP contribution in [0.1, 0.15) is 94.0 Å². The van der Waals surface area contributed by atoms with Gasteiger partial charge in [0.2, 0.25) is 0 Å². The van der Waals surface area contributed by atoms with Crippen LogP contribution in [0.4, 0.5) is 0 Å². The molecular formula is C40H45Cl2SiZr. The molecule has 2 unspecified atom stereocenters. The van der Waals surface area contributed by atoms with Crippen molar-refractivity contribution < 1.29 is 15.6 Å². The van der Waals surface area contributed by atoms with E-state index in [2.05, 4.69) is 152 Å². The molecule has 0 saturated heterocycles. The van der Waals surface area contributed by atoms with Gasteiger partial charge in [0.25, 0.3) is 0 Å². The molecule has 0 nitrogen and oxygen atoms in total. The second-order valence-corrected chi connectivity index (χ2v) is 56.7. The van der Waals surface area contributed by atoms with Crippen LogP contribution < -0.4 is 0 Å². The molecule has 0 radical (unpaired) electrons. The van der Waals surface area contributed by atoms with Crippen molar-refractivity contribution >= 4 is 35.1 Å². The van der Waals surface area contributed by atoms with Crippen molar-refractivity contribution in [3.8, 4) is 22.3 Å². The van der Waals surface area contributed by atoms with Gasteiger partial charge in [0.15, 0.2) is 0 Å². The standard InChI is InChI=1S/2C19H19.C2H7Si.2ClH.Zr/c2*1-13(2)15-7-9-16(10-8-15)18-6-4-5-17-11-14(3)12-19(17)18;1-3-2;;;/h2*4-13H,1-3H3;3H,1-2H3;2*1H;/q;;;;;+2/p-2. The predicted octanol–water partition coefficient (Wildman–Crippen LogP) is 12.9. The Balaban J connectivity index is 1.48. The van der Waals surface area contributed by atoms with Crippen LogP contribution in [0.5, 0.6) is 0 Å². The number of halogens is 2. The van der Waals surface area contributed by atoms with Crippen LogP contribution in [0.15, 0.2) is 96.1 Å². The summed E-state index contributed by atoms with van der Waals surface area (Å²) in [5.74, 6) is -0.544. The number of hydrogen-bond acceptors (Lipinski definition) is 0. The van der Waals surface area contributed by atoms with E-state index in [9.17, 15) is 0 Å². The third-order valence-corrected chi connectivity index (χ3v) is 62.8. The predicted molar refractivity (Wildman–Crippen MR) is 195 cm³/mol. The normalized spacial score (nSPS) is 18.7. The molecule has 0 aromatic heterocycles. The minimum atomic E-state index is -4.70. The molecule has 2 aliphatic rings. The van der Waals surface area contributed by atoms with E-state index in [1.807, 2.05) is 0 Å². The Hall–Kier alpha value is -1.96. The van der Waals surface area contributed by atoms with Crippen molar-refractivity contribution in [3.05, 3.63) is 129 Å². The molecule has 0 spiro atoms. The second-order valence-electron chi connectivity index (χ2n) is 14.2. The summed E-state index contributed by atoms with van der Waals surface area (Å²) >= 11 is -4.70. The average molecular weight is 716 g/mol. The fourth-order valence-corrected chi connectivity index (χ4v) is 40.9. The minimum absolute atomic E-state index is 0.101. The number of allylic oxidation sites excluding steroid dienone is 2. The van der Waals surface area contributed by atoms with Crippen molar-refractivity contribution in [2.75, 3.05) is 0 Å². The van der Waals surface area contributed by atoms with Gasteiger partial charge in [0, 0.05) is 0 Å². The summed E-state index contributed by atoms with van der Waals surface area (Å²) in [6, 6.07) is 31.8. The first-order valence-electron chi connectivity index (χ1n) is 16.2. The van der Waals surface area contributed by atoms with E-state index in [-0.39, 0.29) is 7.25 Å². The van der Waals surface area contributed by atoms with Crippen LogP contribution in [-0.2, 0) is 15.6 Å². The van der Waals surface area contributed by atoms with Gasteiger partial charge in [-0.2, -0.15) is 0 Å². The molecule has 4 aromatic carbocycles. The van der Waals surface area contributed by atoms with Gasteiger partial charge in [-0.15, -0.1) is 0 Å². The van der Waals surface area contributed by atoms with Gasteiger partial charge in [-0.3, -0.25) is 0 Å². The van der Waals surface area contributed by atoms with Gasteiger partial charge in [-0.05, 0) is 0 Å². The fraction of sp³-hybridized carbons (Fsp3) is 0.300. The maximum atomic E-state index is 8.45. The Labute approximate surface area is 274 Å². The zero-order chi connectivity index (χ0) is 31.6. The fourth-order valence-electron chi connectivity index (χ4n) is 8.00. The summed E-state index contributed by atoms with van der Waals surface area (Å²) in [6.07, 6.45) is 4.81. The van der Waals surface area contributed by atoms with E-state index in [1.54, 1.807) is 0 Å². The average Bonchev–Trinajstić information content (AvgIpc) is 3.53. The zero-order valence-electron chi connectivity index (χ0n) is 27.4. The Morgan fingerprint density at radius 1 is 0.568 bits per heavy atom. The molecule has 0 fully saturated rings. The van der Waals surface area contributed by atoms with Crippen molar-refractivity contribution in [3.63, 3.8) is 0 Å². The van der Waals surface area contributed by atoms with Crippen LogP contribution >= 0.6 is 17.0 Å². The Kier molecular flexibility index (Phi) is 8.50. The zero-order valence-corrected chi connectivity index (χ0v) is 32.5. The van der Waals surface area contributed by atoms with E-state index in [1.165, 1.54) is 66.8 Å². The number of benzene rings is 4. The number of fused-ring (bicyclic) bond motifs is 2. The van der Waals surface area contributed by atoms with E-state index < -0.39 is 21.5 Å². The van der Waals surface area contributed by atoms with Gasteiger partial charge >= 0.3 is 276 Å². The molecule has 4 aromatic rings. The quantitative estimate of drug-likeness (QED) is 0.167. The maximum absolute atomic E-state index is 8.45. The summed E-state index contributed by atoms with van der Waals surface area (Å²) < 4.78 is 0.203. The Morgan fingerprint density at radius 3 is 1.25 bits per heavy atom. The molecule has 0 amide bonds. The van der Waals surface area contributed by atoms with Gasteiger partial charge in [0.05, 0.1) is 0 Å². The van der Waals surface area contributed by atoms with Gasteiger partial charge in [0.1, 0.15) is 0 Å². The topological polar surface area (TPSA) is 0 Å². The summed E-state index contributed by atoms with van der Waals surface area (Å²) in [4.78, 5) is 0. The Morgan fingerprint density at radius 2 is 0.932 bits per heavy atom. The first kappa shape index (κ1) is 32.0. The number of rotatable bonds is 7. The summed E-state index contributed by atoms with van der Waals surface area (Å²) in [5, 5.41) is 0. The summed E-state index contributed by atoms with van der Waals surface area (Å²) in [6.45, 7) is 18.4. The first-order chi connectivity index (χ1) is 20.8. The van der Waals surface area contributed by atoms with Gasteiger partial charge in [-0.25, -0.2) is 0 Å².